The summed E-state index contributed by atoms with van der Waals surface area (Å²) in [5, 5.41) is 5.44. The zero-order valence-corrected chi connectivity index (χ0v) is 14.3. The Balaban J connectivity index is 1.85. The van der Waals surface area contributed by atoms with E-state index in [1.54, 1.807) is 36.4 Å². The molecule has 0 aliphatic heterocycles. The van der Waals surface area contributed by atoms with E-state index in [4.69, 9.17) is 4.74 Å². The third-order valence-corrected chi connectivity index (χ3v) is 3.20. The van der Waals surface area contributed by atoms with Gasteiger partial charge in [-0.1, -0.05) is 11.8 Å². The molecular formula is C20H20N2O3. The molecule has 2 aromatic carbocycles. The number of hydrogen-bond donors (Lipinski definition) is 2. The van der Waals surface area contributed by atoms with Gasteiger partial charge < -0.3 is 15.4 Å². The van der Waals surface area contributed by atoms with E-state index in [0.717, 1.165) is 17.0 Å². The van der Waals surface area contributed by atoms with E-state index in [0.29, 0.717) is 12.2 Å². The minimum Gasteiger partial charge on any atom is -0.494 e. The van der Waals surface area contributed by atoms with Crippen LogP contribution in [0.3, 0.4) is 0 Å². The van der Waals surface area contributed by atoms with Crippen LogP contribution < -0.4 is 15.4 Å². The highest BCUT2D eigenvalue weighted by Crippen LogP contribution is 2.12. The zero-order valence-electron chi connectivity index (χ0n) is 14.3. The first-order chi connectivity index (χ1) is 12.1. The average molecular weight is 336 g/mol. The first-order valence-corrected chi connectivity index (χ1v) is 7.96. The molecule has 0 unspecified atom stereocenters. The van der Waals surface area contributed by atoms with Crippen molar-refractivity contribution in [2.45, 2.75) is 13.8 Å². The van der Waals surface area contributed by atoms with E-state index in [1.165, 1.54) is 6.92 Å². The number of nitrogens with one attached hydrogen (secondary N) is 2. The Morgan fingerprint density at radius 3 is 2.32 bits per heavy atom. The number of rotatable bonds is 5. The molecule has 0 saturated heterocycles. The van der Waals surface area contributed by atoms with E-state index in [1.807, 2.05) is 19.1 Å². The first-order valence-electron chi connectivity index (χ1n) is 7.96. The van der Waals surface area contributed by atoms with Crippen molar-refractivity contribution in [2.24, 2.45) is 0 Å². The minimum absolute atomic E-state index is 0.115. The Morgan fingerprint density at radius 2 is 1.72 bits per heavy atom. The average Bonchev–Trinajstić information content (AvgIpc) is 2.60. The number of amides is 2. The van der Waals surface area contributed by atoms with E-state index in [2.05, 4.69) is 22.5 Å². The molecule has 0 aliphatic carbocycles. The van der Waals surface area contributed by atoms with Crippen molar-refractivity contribution in [1.82, 2.24) is 5.32 Å². The predicted molar refractivity (Wildman–Crippen MR) is 97.6 cm³/mol. The van der Waals surface area contributed by atoms with Gasteiger partial charge >= 0.3 is 0 Å². The van der Waals surface area contributed by atoms with Gasteiger partial charge in [0.1, 0.15) is 5.75 Å². The summed E-state index contributed by atoms with van der Waals surface area (Å²) in [6.45, 7) is 4.21. The Morgan fingerprint density at radius 1 is 1.04 bits per heavy atom. The van der Waals surface area contributed by atoms with Gasteiger partial charge in [0.15, 0.2) is 0 Å². The summed E-state index contributed by atoms with van der Waals surface area (Å²) >= 11 is 0. The molecule has 5 heteroatoms. The van der Waals surface area contributed by atoms with Gasteiger partial charge in [0, 0.05) is 23.7 Å². The van der Waals surface area contributed by atoms with Crippen LogP contribution in [0.5, 0.6) is 5.75 Å². The van der Waals surface area contributed by atoms with Crippen molar-refractivity contribution in [1.29, 1.82) is 0 Å². The van der Waals surface area contributed by atoms with Crippen LogP contribution in [0.4, 0.5) is 5.69 Å². The predicted octanol–water partition coefficient (Wildman–Crippen LogP) is 2.83. The molecule has 0 fully saturated rings. The third-order valence-electron chi connectivity index (χ3n) is 3.20. The number of carbonyl (C=O) groups is 2. The fourth-order valence-electron chi connectivity index (χ4n) is 2.08. The normalized spacial score (nSPS) is 9.52. The quantitative estimate of drug-likeness (QED) is 0.825. The van der Waals surface area contributed by atoms with Crippen LogP contribution in [-0.2, 0) is 4.79 Å². The highest BCUT2D eigenvalue weighted by molar-refractivity contribution is 5.94. The second kappa shape index (κ2) is 9.14. The number of anilines is 1. The second-order valence-corrected chi connectivity index (χ2v) is 5.20. The fourth-order valence-corrected chi connectivity index (χ4v) is 2.08. The molecular weight excluding hydrogens is 316 g/mol. The second-order valence-electron chi connectivity index (χ2n) is 5.20. The monoisotopic (exact) mass is 336 g/mol. The summed E-state index contributed by atoms with van der Waals surface area (Å²) in [6, 6.07) is 14.2. The molecule has 2 amide bonds. The lowest BCUT2D eigenvalue weighted by Crippen LogP contribution is -2.23. The smallest absolute Gasteiger partial charge is 0.252 e. The van der Waals surface area contributed by atoms with Gasteiger partial charge in [0.05, 0.1) is 13.2 Å². The Hall–Kier alpha value is -3.26. The summed E-state index contributed by atoms with van der Waals surface area (Å²) in [4.78, 5) is 23.0. The molecule has 25 heavy (non-hydrogen) atoms. The van der Waals surface area contributed by atoms with Gasteiger partial charge in [0.25, 0.3) is 5.91 Å². The number of ether oxygens (including phenoxy) is 1. The molecule has 0 radical (unpaired) electrons. The van der Waals surface area contributed by atoms with E-state index in [9.17, 15) is 9.59 Å². The van der Waals surface area contributed by atoms with Crippen LogP contribution in [-0.4, -0.2) is 25.0 Å². The maximum atomic E-state index is 12.0. The molecule has 0 spiro atoms. The molecule has 0 saturated carbocycles. The molecule has 0 aromatic heterocycles. The van der Waals surface area contributed by atoms with Crippen molar-refractivity contribution in [2.75, 3.05) is 18.5 Å². The van der Waals surface area contributed by atoms with Crippen LogP contribution in [0.15, 0.2) is 48.5 Å². The Kier molecular flexibility index (Phi) is 6.61. The summed E-state index contributed by atoms with van der Waals surface area (Å²) in [5.74, 6) is 6.30. The summed E-state index contributed by atoms with van der Waals surface area (Å²) in [5.41, 5.74) is 2.09. The van der Waals surface area contributed by atoms with Crippen molar-refractivity contribution in [3.63, 3.8) is 0 Å². The third kappa shape index (κ3) is 6.04. The van der Waals surface area contributed by atoms with Gasteiger partial charge in [0.2, 0.25) is 5.91 Å². The lowest BCUT2D eigenvalue weighted by molar-refractivity contribution is -0.114. The topological polar surface area (TPSA) is 67.4 Å². The van der Waals surface area contributed by atoms with E-state index >= 15 is 0 Å². The van der Waals surface area contributed by atoms with E-state index < -0.39 is 0 Å². The van der Waals surface area contributed by atoms with Crippen molar-refractivity contribution in [3.8, 4) is 17.6 Å². The minimum atomic E-state index is -0.182. The lowest BCUT2D eigenvalue weighted by atomic mass is 10.2. The highest BCUT2D eigenvalue weighted by Gasteiger charge is 2.03. The molecule has 2 aromatic rings. The van der Waals surface area contributed by atoms with Gasteiger partial charge in [-0.2, -0.15) is 0 Å². The largest absolute Gasteiger partial charge is 0.494 e. The number of carbonyl (C=O) groups excluding carboxylic acids is 2. The lowest BCUT2D eigenvalue weighted by Gasteiger charge is -2.04. The van der Waals surface area contributed by atoms with Crippen LogP contribution in [0.25, 0.3) is 0 Å². The van der Waals surface area contributed by atoms with Gasteiger partial charge in [-0.25, -0.2) is 0 Å². The first kappa shape index (κ1) is 18.1. The van der Waals surface area contributed by atoms with Gasteiger partial charge in [-0.15, -0.1) is 0 Å². The molecule has 0 atom stereocenters. The van der Waals surface area contributed by atoms with Crippen LogP contribution in [0.1, 0.15) is 29.8 Å². The van der Waals surface area contributed by atoms with Crippen molar-refractivity contribution in [3.05, 3.63) is 59.7 Å². The number of benzene rings is 2. The number of hydrogen-bond acceptors (Lipinski definition) is 3. The molecule has 0 aliphatic rings. The maximum absolute atomic E-state index is 12.0. The summed E-state index contributed by atoms with van der Waals surface area (Å²) < 4.78 is 5.34. The van der Waals surface area contributed by atoms with Crippen LogP contribution in [0.2, 0.25) is 0 Å². The van der Waals surface area contributed by atoms with Gasteiger partial charge in [-0.05, 0) is 55.5 Å². The molecule has 128 valence electrons. The molecule has 5 nitrogen and oxygen atoms in total. The zero-order chi connectivity index (χ0) is 18.1. The molecule has 0 bridgehead atoms. The maximum Gasteiger partial charge on any atom is 0.252 e. The standard InChI is InChI=1S/C20H20N2O3/c1-3-25-19-12-8-17(9-13-19)20(24)21-14-4-5-16-6-10-18(11-7-16)22-15(2)23/h6-13H,3,14H2,1-2H3,(H,21,24)(H,22,23). The molecule has 2 N–H and O–H groups in total. The Bertz CT molecular complexity index is 784. The van der Waals surface area contributed by atoms with Crippen LogP contribution >= 0.6 is 0 Å². The molecule has 2 rings (SSSR count). The SMILES string of the molecule is CCOc1ccc(C(=O)NCC#Cc2ccc(NC(C)=O)cc2)cc1. The highest BCUT2D eigenvalue weighted by atomic mass is 16.5. The fraction of sp³-hybridized carbons (Fsp3) is 0.200. The van der Waals surface area contributed by atoms with Crippen molar-refractivity contribution < 1.29 is 14.3 Å². The summed E-state index contributed by atoms with van der Waals surface area (Å²) in [6.07, 6.45) is 0. The Labute approximate surface area is 147 Å². The van der Waals surface area contributed by atoms with E-state index in [-0.39, 0.29) is 18.4 Å². The van der Waals surface area contributed by atoms with Crippen LogP contribution in [0, 0.1) is 11.8 Å². The van der Waals surface area contributed by atoms with Crippen molar-refractivity contribution >= 4 is 17.5 Å². The molecule has 0 heterocycles. The summed E-state index contributed by atoms with van der Waals surface area (Å²) in [7, 11) is 0. The van der Waals surface area contributed by atoms with Gasteiger partial charge in [-0.3, -0.25) is 9.59 Å².